The largest absolute Gasteiger partial charge is 0.756 e. The van der Waals surface area contributed by atoms with Crippen LogP contribution in [0.1, 0.15) is 162 Å². The van der Waals surface area contributed by atoms with E-state index in [1.807, 2.05) is 33.3 Å². The van der Waals surface area contributed by atoms with Crippen LogP contribution in [0, 0.1) is 5.92 Å². The van der Waals surface area contributed by atoms with Gasteiger partial charge in [-0.3, -0.25) is 14.2 Å². The Hall–Kier alpha value is -2.19. The third-order valence-corrected chi connectivity index (χ3v) is 11.6. The van der Waals surface area contributed by atoms with Crippen LogP contribution in [-0.4, -0.2) is 110 Å². The molecule has 1 heterocycles. The summed E-state index contributed by atoms with van der Waals surface area (Å²) in [5.41, 5.74) is 0. The van der Waals surface area contributed by atoms with Gasteiger partial charge in [-0.2, -0.15) is 0 Å². The summed E-state index contributed by atoms with van der Waals surface area (Å²) in [6, 6.07) is 0. The van der Waals surface area contributed by atoms with E-state index in [0.717, 1.165) is 57.8 Å². The molecule has 13 nitrogen and oxygen atoms in total. The number of quaternary nitrogens is 1. The smallest absolute Gasteiger partial charge is 0.306 e. The molecule has 3 N–H and O–H groups in total. The van der Waals surface area contributed by atoms with Crippen molar-refractivity contribution in [1.29, 1.82) is 0 Å². The molecule has 0 amide bonds. The van der Waals surface area contributed by atoms with Gasteiger partial charge >= 0.3 is 11.9 Å². The summed E-state index contributed by atoms with van der Waals surface area (Å²) in [5.74, 6) is -1.35. The molecule has 1 aliphatic rings. The standard InChI is InChI=1S/C48H86NO12P/c1-6-8-10-11-12-13-14-15-16-17-18-19-20-21-22-23-29-33-47(53)60-42(40-59-62(55,56)58-37-36-49(3,4)5)39-57-46(52)32-28-25-24-27-31-43-44(51)38-48(54)61-45(43)35-34-41(50)30-26-9-7-2/h12-13,15-16,24,27,34-35,41-45,48,50-51,54H,6-11,14,17-23,25-26,28-33,36-40H2,1-5H3/b13-12-,16-15-,27-24-,35-34+/t41-,42+,43-,44-,45+,48?/m0/s1. The van der Waals surface area contributed by atoms with E-state index in [9.17, 15) is 34.4 Å². The van der Waals surface area contributed by atoms with E-state index in [0.29, 0.717) is 43.1 Å². The fraction of sp³-hybridized carbons (Fsp3) is 0.792. The number of aliphatic hydroxyl groups is 3. The number of nitrogens with zero attached hydrogens (tertiary/aromatic N) is 1. The number of phosphoric acid groups is 1. The lowest BCUT2D eigenvalue weighted by molar-refractivity contribution is -0.870. The topological polar surface area (TPSA) is 181 Å². The number of hydrogen-bond acceptors (Lipinski definition) is 12. The minimum absolute atomic E-state index is 0.0779. The first kappa shape index (κ1) is 57.8. The van der Waals surface area contributed by atoms with Crippen molar-refractivity contribution >= 4 is 19.8 Å². The van der Waals surface area contributed by atoms with Gasteiger partial charge in [0.15, 0.2) is 12.4 Å². The number of aliphatic hydroxyl groups excluding tert-OH is 3. The zero-order chi connectivity index (χ0) is 45.9. The summed E-state index contributed by atoms with van der Waals surface area (Å²) in [5, 5.41) is 31.0. The van der Waals surface area contributed by atoms with Crippen LogP contribution >= 0.6 is 7.82 Å². The fourth-order valence-corrected chi connectivity index (χ4v) is 7.51. The van der Waals surface area contributed by atoms with E-state index in [4.69, 9.17) is 23.3 Å². The molecule has 7 atom stereocenters. The van der Waals surface area contributed by atoms with E-state index >= 15 is 0 Å². The summed E-state index contributed by atoms with van der Waals surface area (Å²) in [6.45, 7) is 3.77. The van der Waals surface area contributed by atoms with E-state index in [1.165, 1.54) is 38.5 Å². The van der Waals surface area contributed by atoms with Gasteiger partial charge in [0.25, 0.3) is 7.82 Å². The van der Waals surface area contributed by atoms with E-state index in [2.05, 4.69) is 38.2 Å². The molecule has 62 heavy (non-hydrogen) atoms. The van der Waals surface area contributed by atoms with Crippen molar-refractivity contribution in [1.82, 2.24) is 0 Å². The maximum atomic E-state index is 12.8. The number of ether oxygens (including phenoxy) is 3. The molecule has 0 aromatic carbocycles. The number of rotatable bonds is 38. The maximum absolute atomic E-state index is 12.8. The Morgan fingerprint density at radius 2 is 1.37 bits per heavy atom. The summed E-state index contributed by atoms with van der Waals surface area (Å²) in [4.78, 5) is 37.8. The van der Waals surface area contributed by atoms with Gasteiger partial charge in [0.1, 0.15) is 19.8 Å². The second kappa shape index (κ2) is 36.1. The van der Waals surface area contributed by atoms with Crippen LogP contribution < -0.4 is 4.89 Å². The molecule has 0 aromatic rings. The van der Waals surface area contributed by atoms with E-state index in [1.54, 1.807) is 12.2 Å². The summed E-state index contributed by atoms with van der Waals surface area (Å²) in [7, 11) is 1.01. The molecular weight excluding hydrogens is 813 g/mol. The predicted molar refractivity (Wildman–Crippen MR) is 244 cm³/mol. The zero-order valence-electron chi connectivity index (χ0n) is 39.1. The molecule has 1 fully saturated rings. The van der Waals surface area contributed by atoms with Crippen LogP contribution in [0.4, 0.5) is 0 Å². The number of esters is 2. The molecule has 1 aliphatic heterocycles. The van der Waals surface area contributed by atoms with E-state index in [-0.39, 0.29) is 38.4 Å². The molecule has 360 valence electrons. The van der Waals surface area contributed by atoms with Crippen molar-refractivity contribution in [2.75, 3.05) is 47.5 Å². The molecule has 0 aromatic heterocycles. The minimum Gasteiger partial charge on any atom is -0.756 e. The third kappa shape index (κ3) is 33.3. The van der Waals surface area contributed by atoms with Gasteiger partial charge in [-0.25, -0.2) is 0 Å². The molecule has 0 bridgehead atoms. The van der Waals surface area contributed by atoms with Gasteiger partial charge in [0.05, 0.1) is 46.1 Å². The normalized spacial score (nSPS) is 20.7. The number of unbranched alkanes of at least 4 members (excludes halogenated alkanes) is 13. The maximum Gasteiger partial charge on any atom is 0.306 e. The zero-order valence-corrected chi connectivity index (χ0v) is 40.0. The molecule has 14 heteroatoms. The number of carbonyl (C=O) groups excluding carboxylic acids is 2. The molecule has 0 spiro atoms. The average Bonchev–Trinajstić information content (AvgIpc) is 3.20. The lowest BCUT2D eigenvalue weighted by atomic mass is 9.87. The van der Waals surface area contributed by atoms with E-state index < -0.39 is 57.1 Å². The van der Waals surface area contributed by atoms with Gasteiger partial charge in [-0.1, -0.05) is 127 Å². The average molecular weight is 900 g/mol. The highest BCUT2D eigenvalue weighted by molar-refractivity contribution is 7.45. The monoisotopic (exact) mass is 900 g/mol. The van der Waals surface area contributed by atoms with Crippen LogP contribution in [0.5, 0.6) is 0 Å². The highest BCUT2D eigenvalue weighted by Gasteiger charge is 2.35. The second-order valence-corrected chi connectivity index (χ2v) is 19.1. The molecular formula is C48H86NO12P. The number of likely N-dealkylation sites (N-methyl/N-ethyl adjacent to an activating group) is 1. The van der Waals surface area contributed by atoms with Crippen molar-refractivity contribution < 1.29 is 62.1 Å². The van der Waals surface area contributed by atoms with Crippen LogP contribution in [-0.2, 0) is 37.4 Å². The van der Waals surface area contributed by atoms with Crippen molar-refractivity contribution in [3.8, 4) is 0 Å². The van der Waals surface area contributed by atoms with Crippen molar-refractivity contribution in [3.63, 3.8) is 0 Å². The summed E-state index contributed by atoms with van der Waals surface area (Å²) < 4.78 is 39.6. The third-order valence-electron chi connectivity index (χ3n) is 10.6. The first-order valence-electron chi connectivity index (χ1n) is 23.7. The van der Waals surface area contributed by atoms with Crippen LogP contribution in [0.15, 0.2) is 48.6 Å². The van der Waals surface area contributed by atoms with Gasteiger partial charge < -0.3 is 48.0 Å². The molecule has 2 unspecified atom stereocenters. The quantitative estimate of drug-likeness (QED) is 0.0176. The van der Waals surface area contributed by atoms with Crippen molar-refractivity contribution in [2.24, 2.45) is 5.92 Å². The van der Waals surface area contributed by atoms with Crippen LogP contribution in [0.2, 0.25) is 0 Å². The van der Waals surface area contributed by atoms with Gasteiger partial charge in [-0.05, 0) is 64.2 Å². The lowest BCUT2D eigenvalue weighted by Gasteiger charge is -2.36. The van der Waals surface area contributed by atoms with Gasteiger partial charge in [0, 0.05) is 25.2 Å². The highest BCUT2D eigenvalue weighted by Crippen LogP contribution is 2.38. The molecule has 0 saturated carbocycles. The number of carbonyl (C=O) groups is 2. The van der Waals surface area contributed by atoms with Gasteiger partial charge in [0.2, 0.25) is 0 Å². The summed E-state index contributed by atoms with van der Waals surface area (Å²) >= 11 is 0. The second-order valence-electron chi connectivity index (χ2n) is 17.6. The molecule has 1 rings (SSSR count). The Morgan fingerprint density at radius 3 is 2.05 bits per heavy atom. The first-order chi connectivity index (χ1) is 29.7. The van der Waals surface area contributed by atoms with Gasteiger partial charge in [-0.15, -0.1) is 0 Å². The lowest BCUT2D eigenvalue weighted by Crippen LogP contribution is -2.43. The minimum atomic E-state index is -4.70. The number of hydrogen-bond donors (Lipinski definition) is 3. The number of phosphoric ester groups is 1. The Morgan fingerprint density at radius 1 is 0.774 bits per heavy atom. The Labute approximate surface area is 375 Å². The van der Waals surface area contributed by atoms with Crippen molar-refractivity contribution in [3.05, 3.63) is 48.6 Å². The van der Waals surface area contributed by atoms with Crippen LogP contribution in [0.25, 0.3) is 0 Å². The first-order valence-corrected chi connectivity index (χ1v) is 25.2. The highest BCUT2D eigenvalue weighted by atomic mass is 31.2. The summed E-state index contributed by atoms with van der Waals surface area (Å²) in [6.07, 6.45) is 31.8. The predicted octanol–water partition coefficient (Wildman–Crippen LogP) is 8.94. The Balaban J connectivity index is 2.50. The number of allylic oxidation sites excluding steroid dienone is 6. The SMILES string of the molecule is CCCCC/C=C\C/C=C\CCCCCCCCCC(=O)O[C@H](COC(=O)CCC/C=C\C[C@H]1[C@@H](O)CC(O)O[C@@H]1/C=C/[C@@H](O)CCCCC)COP(=O)([O-])OCC[N+](C)(C)C. The van der Waals surface area contributed by atoms with Crippen molar-refractivity contribution in [2.45, 2.75) is 192 Å². The molecule has 1 saturated heterocycles. The Bertz CT molecular complexity index is 1320. The molecule has 0 radical (unpaired) electrons. The molecule has 0 aliphatic carbocycles. The Kier molecular flexibility index (Phi) is 33.6. The van der Waals surface area contributed by atoms with Crippen LogP contribution in [0.3, 0.4) is 0 Å². The fourth-order valence-electron chi connectivity index (χ4n) is 6.78.